The summed E-state index contributed by atoms with van der Waals surface area (Å²) in [4.78, 5) is 26.1. The topological polar surface area (TPSA) is 185 Å². The van der Waals surface area contributed by atoms with Crippen LogP contribution in [0.25, 0.3) is 0 Å². The van der Waals surface area contributed by atoms with E-state index in [-0.39, 0.29) is 11.1 Å². The lowest BCUT2D eigenvalue weighted by Gasteiger charge is -2.50. The molecule has 1 aromatic rings. The van der Waals surface area contributed by atoms with E-state index in [1.165, 1.54) is 18.2 Å². The van der Waals surface area contributed by atoms with E-state index in [2.05, 4.69) is 0 Å². The molecule has 0 saturated heterocycles. The fourth-order valence-corrected chi connectivity index (χ4v) is 3.11. The number of carbonyl (C=O) groups is 2. The van der Waals surface area contributed by atoms with E-state index >= 15 is 0 Å². The molecule has 170 valence electrons. The molecule has 1 rings (SSSR count). The fourth-order valence-electron chi connectivity index (χ4n) is 3.11. The molecule has 0 aliphatic heterocycles. The van der Waals surface area contributed by atoms with Crippen molar-refractivity contribution in [2.24, 2.45) is 5.73 Å². The fraction of sp³-hybridized carbons (Fsp3) is 0.600. The highest BCUT2D eigenvalue weighted by atomic mass is 16.3. The maximum atomic E-state index is 13.6. The van der Waals surface area contributed by atoms with Gasteiger partial charge in [0.25, 0.3) is 5.91 Å². The van der Waals surface area contributed by atoms with Gasteiger partial charge in [0.05, 0.1) is 39.6 Å². The number of carbonyl (C=O) groups excluding carboxylic acids is 2. The summed E-state index contributed by atoms with van der Waals surface area (Å²) in [5.74, 6) is -1.74. The van der Waals surface area contributed by atoms with E-state index in [0.717, 1.165) is 0 Å². The van der Waals surface area contributed by atoms with Gasteiger partial charge in [-0.1, -0.05) is 20.8 Å². The van der Waals surface area contributed by atoms with Crippen molar-refractivity contribution in [1.29, 1.82) is 0 Å². The number of primary amides is 1. The molecule has 0 fully saturated rings. The maximum Gasteiger partial charge on any atom is 0.255 e. The van der Waals surface area contributed by atoms with Crippen molar-refractivity contribution in [2.45, 2.75) is 37.3 Å². The van der Waals surface area contributed by atoms with Gasteiger partial charge in [0, 0.05) is 11.1 Å². The van der Waals surface area contributed by atoms with Gasteiger partial charge in [-0.25, -0.2) is 0 Å². The number of hydrogen-bond donors (Lipinski definition) is 7. The first kappa shape index (κ1) is 26.0. The van der Waals surface area contributed by atoms with Gasteiger partial charge in [-0.3, -0.25) is 9.59 Å². The van der Waals surface area contributed by atoms with Gasteiger partial charge in [0.2, 0.25) is 5.91 Å². The van der Waals surface area contributed by atoms with E-state index in [9.17, 15) is 40.2 Å². The molecule has 2 amide bonds. The lowest BCUT2D eigenvalue weighted by atomic mass is 9.84. The molecule has 0 aromatic heterocycles. The smallest absolute Gasteiger partial charge is 0.255 e. The third-order valence-corrected chi connectivity index (χ3v) is 5.25. The van der Waals surface area contributed by atoms with Crippen LogP contribution in [0.2, 0.25) is 0 Å². The Morgan fingerprint density at radius 1 is 0.767 bits per heavy atom. The summed E-state index contributed by atoms with van der Waals surface area (Å²) in [5.41, 5.74) is 1.34. The van der Waals surface area contributed by atoms with Crippen LogP contribution in [0.5, 0.6) is 0 Å². The Kier molecular flexibility index (Phi) is 8.49. The van der Waals surface area contributed by atoms with Gasteiger partial charge in [-0.2, -0.15) is 0 Å². The Bertz CT molecular complexity index is 715. The second kappa shape index (κ2) is 9.82. The molecule has 0 aliphatic carbocycles. The predicted octanol–water partition coefficient (Wildman–Crippen LogP) is -2.04. The number of rotatable bonds is 10. The summed E-state index contributed by atoms with van der Waals surface area (Å²) in [6.07, 6.45) is 0. The Balaban J connectivity index is 3.85. The number of aliphatic hydroxyl groups excluding tert-OH is 6. The zero-order valence-corrected chi connectivity index (χ0v) is 17.5. The maximum absolute atomic E-state index is 13.6. The van der Waals surface area contributed by atoms with Crippen molar-refractivity contribution >= 4 is 11.8 Å². The third-order valence-electron chi connectivity index (χ3n) is 5.25. The van der Waals surface area contributed by atoms with E-state index in [4.69, 9.17) is 5.73 Å². The lowest BCUT2D eigenvalue weighted by molar-refractivity contribution is -0.121. The van der Waals surface area contributed by atoms with Crippen LogP contribution in [0, 0.1) is 0 Å². The number of benzene rings is 1. The first-order chi connectivity index (χ1) is 13.9. The summed E-state index contributed by atoms with van der Waals surface area (Å²) >= 11 is 0. The van der Waals surface area contributed by atoms with Crippen LogP contribution in [0.4, 0.5) is 0 Å². The quantitative estimate of drug-likeness (QED) is 0.222. The average Bonchev–Trinajstić information content (AvgIpc) is 2.73. The molecule has 30 heavy (non-hydrogen) atoms. The van der Waals surface area contributed by atoms with Gasteiger partial charge in [-0.05, 0) is 29.2 Å². The van der Waals surface area contributed by atoms with Gasteiger partial charge in [0.15, 0.2) is 0 Å². The summed E-state index contributed by atoms with van der Waals surface area (Å²) < 4.78 is 0. The van der Waals surface area contributed by atoms with Crippen molar-refractivity contribution in [3.63, 3.8) is 0 Å². The molecule has 0 saturated carbocycles. The van der Waals surface area contributed by atoms with E-state index < -0.39 is 67.9 Å². The number of amides is 2. The van der Waals surface area contributed by atoms with Crippen molar-refractivity contribution < 1.29 is 40.2 Å². The molecule has 0 spiro atoms. The highest BCUT2D eigenvalue weighted by molar-refractivity contribution is 6.00. The van der Waals surface area contributed by atoms with Gasteiger partial charge < -0.3 is 41.3 Å². The second-order valence-electron chi connectivity index (χ2n) is 8.45. The Morgan fingerprint density at radius 2 is 1.13 bits per heavy atom. The van der Waals surface area contributed by atoms with Crippen LogP contribution in [0.3, 0.4) is 0 Å². The molecule has 0 bridgehead atoms. The van der Waals surface area contributed by atoms with Crippen molar-refractivity contribution in [3.05, 3.63) is 34.9 Å². The third kappa shape index (κ3) is 4.80. The number of nitrogens with zero attached hydrogens (tertiary/aromatic N) is 1. The van der Waals surface area contributed by atoms with Gasteiger partial charge in [0.1, 0.15) is 11.1 Å². The molecule has 0 aliphatic rings. The SMILES string of the molecule is CC(C)(C)c1cc(C(N)=O)cc(C(=O)N(C(CO)(CO)CO)C(CO)(CO)CO)c1. The monoisotopic (exact) mass is 428 g/mol. The van der Waals surface area contributed by atoms with E-state index in [1.807, 2.05) is 20.8 Å². The Hall–Kier alpha value is -2.08. The Morgan fingerprint density at radius 3 is 1.43 bits per heavy atom. The zero-order chi connectivity index (χ0) is 23.3. The molecular formula is C20H32N2O8. The summed E-state index contributed by atoms with van der Waals surface area (Å²) in [7, 11) is 0. The van der Waals surface area contributed by atoms with Crippen LogP contribution >= 0.6 is 0 Å². The first-order valence-corrected chi connectivity index (χ1v) is 9.37. The summed E-state index contributed by atoms with van der Waals surface area (Å²) in [5, 5.41) is 59.3. The van der Waals surface area contributed by atoms with E-state index in [1.54, 1.807) is 0 Å². The number of hydrogen-bond acceptors (Lipinski definition) is 8. The molecule has 1 aromatic carbocycles. The molecular weight excluding hydrogens is 396 g/mol. The zero-order valence-electron chi connectivity index (χ0n) is 17.5. The Labute approximate surface area is 175 Å². The minimum Gasteiger partial charge on any atom is -0.394 e. The minimum absolute atomic E-state index is 0.0240. The van der Waals surface area contributed by atoms with Crippen LogP contribution in [0.1, 0.15) is 47.1 Å². The number of aliphatic hydroxyl groups is 6. The largest absolute Gasteiger partial charge is 0.394 e. The molecule has 8 N–H and O–H groups in total. The van der Waals surface area contributed by atoms with Crippen LogP contribution in [0.15, 0.2) is 18.2 Å². The van der Waals surface area contributed by atoms with Crippen molar-refractivity contribution in [1.82, 2.24) is 4.90 Å². The van der Waals surface area contributed by atoms with Crippen LogP contribution in [-0.4, -0.2) is 98.1 Å². The molecule has 0 radical (unpaired) electrons. The standard InChI is InChI=1S/C20H32N2O8/c1-18(2,3)15-5-13(16(21)29)4-14(6-15)17(30)22(19(7-23,8-24)9-25)20(10-26,11-27)12-28/h4-6,23-28H,7-12H2,1-3H3,(H2,21,29). The van der Waals surface area contributed by atoms with Gasteiger partial charge in [-0.15, -0.1) is 0 Å². The van der Waals surface area contributed by atoms with E-state index in [0.29, 0.717) is 10.5 Å². The molecule has 0 heterocycles. The average molecular weight is 428 g/mol. The van der Waals surface area contributed by atoms with Crippen molar-refractivity contribution in [2.75, 3.05) is 39.6 Å². The van der Waals surface area contributed by atoms with Crippen LogP contribution < -0.4 is 5.73 Å². The summed E-state index contributed by atoms with van der Waals surface area (Å²) in [6, 6.07) is 4.19. The molecule has 10 nitrogen and oxygen atoms in total. The van der Waals surface area contributed by atoms with Crippen molar-refractivity contribution in [3.8, 4) is 0 Å². The molecule has 0 atom stereocenters. The van der Waals surface area contributed by atoms with Crippen LogP contribution in [-0.2, 0) is 5.41 Å². The minimum atomic E-state index is -2.03. The van der Waals surface area contributed by atoms with Gasteiger partial charge >= 0.3 is 0 Å². The highest BCUT2D eigenvalue weighted by Crippen LogP contribution is 2.31. The highest BCUT2D eigenvalue weighted by Gasteiger charge is 2.50. The second-order valence-corrected chi connectivity index (χ2v) is 8.45. The number of nitrogens with two attached hydrogens (primary N) is 1. The molecule has 10 heteroatoms. The molecule has 0 unspecified atom stereocenters. The predicted molar refractivity (Wildman–Crippen MR) is 108 cm³/mol. The lowest BCUT2D eigenvalue weighted by Crippen LogP contribution is -2.71. The normalized spacial score (nSPS) is 12.7. The summed E-state index contributed by atoms with van der Waals surface area (Å²) in [6.45, 7) is -0.0764. The first-order valence-electron chi connectivity index (χ1n) is 9.37.